The summed E-state index contributed by atoms with van der Waals surface area (Å²) in [5.74, 6) is -0.0938. The Morgan fingerprint density at radius 1 is 1.16 bits per heavy atom. The first-order chi connectivity index (χ1) is 15.3. The topological polar surface area (TPSA) is 105 Å². The lowest BCUT2D eigenvalue weighted by atomic mass is 9.97. The molecule has 0 bridgehead atoms. The number of anilines is 1. The molecule has 2 aliphatic rings. The predicted octanol–water partition coefficient (Wildman–Crippen LogP) is 2.17. The molecule has 2 aromatic carbocycles. The van der Waals surface area contributed by atoms with Gasteiger partial charge in [-0.15, -0.1) is 0 Å². The number of sulfonamides is 1. The minimum absolute atomic E-state index is 0.0271. The van der Waals surface area contributed by atoms with Crippen molar-refractivity contribution in [3.8, 4) is 5.75 Å². The number of hydrogen-bond donors (Lipinski definition) is 2. The molecule has 0 radical (unpaired) electrons. The Morgan fingerprint density at radius 2 is 1.88 bits per heavy atom. The third kappa shape index (κ3) is 4.78. The van der Waals surface area contributed by atoms with Crippen LogP contribution in [0.25, 0.3) is 0 Å². The highest BCUT2D eigenvalue weighted by atomic mass is 32.2. The minimum atomic E-state index is -3.73. The van der Waals surface area contributed by atoms with E-state index in [0.29, 0.717) is 30.8 Å². The molecule has 0 spiro atoms. The van der Waals surface area contributed by atoms with Gasteiger partial charge in [-0.3, -0.25) is 9.59 Å². The maximum atomic E-state index is 13.1. The summed E-state index contributed by atoms with van der Waals surface area (Å²) in [4.78, 5) is 24.4. The number of fused-ring (bicyclic) bond motifs is 1. The van der Waals surface area contributed by atoms with Crippen molar-refractivity contribution in [1.29, 1.82) is 0 Å². The van der Waals surface area contributed by atoms with Crippen LogP contribution in [0.2, 0.25) is 0 Å². The average molecular weight is 458 g/mol. The molecular formula is C23H27N3O5S. The van der Waals surface area contributed by atoms with Crippen molar-refractivity contribution in [3.05, 3.63) is 54.1 Å². The maximum Gasteiger partial charge on any atom is 0.265 e. The van der Waals surface area contributed by atoms with Gasteiger partial charge >= 0.3 is 0 Å². The highest BCUT2D eigenvalue weighted by Gasteiger charge is 2.33. The number of rotatable bonds is 6. The fourth-order valence-electron chi connectivity index (χ4n) is 3.97. The van der Waals surface area contributed by atoms with E-state index in [9.17, 15) is 18.0 Å². The molecule has 4 rings (SSSR count). The van der Waals surface area contributed by atoms with Crippen LogP contribution >= 0.6 is 0 Å². The molecule has 170 valence electrons. The number of carbonyl (C=O) groups is 2. The average Bonchev–Trinajstić information content (AvgIpc) is 2.80. The summed E-state index contributed by atoms with van der Waals surface area (Å²) in [6.07, 6.45) is 1.08. The van der Waals surface area contributed by atoms with Crippen LogP contribution in [0.4, 0.5) is 5.69 Å². The van der Waals surface area contributed by atoms with Gasteiger partial charge in [0.05, 0.1) is 10.6 Å². The molecule has 1 saturated heterocycles. The van der Waals surface area contributed by atoms with E-state index < -0.39 is 16.1 Å². The zero-order valence-electron chi connectivity index (χ0n) is 17.9. The van der Waals surface area contributed by atoms with Crippen molar-refractivity contribution in [2.24, 2.45) is 5.92 Å². The van der Waals surface area contributed by atoms with E-state index >= 15 is 0 Å². The summed E-state index contributed by atoms with van der Waals surface area (Å²) in [6, 6.07) is 14.4. The Kier molecular flexibility index (Phi) is 6.48. The van der Waals surface area contributed by atoms with Gasteiger partial charge in [0, 0.05) is 25.6 Å². The van der Waals surface area contributed by atoms with E-state index in [1.165, 1.54) is 16.4 Å². The highest BCUT2D eigenvalue weighted by Crippen LogP contribution is 2.33. The van der Waals surface area contributed by atoms with Crippen LogP contribution in [0.15, 0.2) is 53.4 Å². The van der Waals surface area contributed by atoms with Crippen LogP contribution in [-0.4, -0.2) is 50.3 Å². The van der Waals surface area contributed by atoms with E-state index in [1.54, 1.807) is 13.0 Å². The van der Waals surface area contributed by atoms with Crippen molar-refractivity contribution in [1.82, 2.24) is 9.62 Å². The molecule has 9 heteroatoms. The number of nitrogens with zero attached hydrogens (tertiary/aromatic N) is 1. The van der Waals surface area contributed by atoms with Crippen LogP contribution in [0, 0.1) is 5.92 Å². The van der Waals surface area contributed by atoms with Crippen LogP contribution < -0.4 is 15.4 Å². The molecule has 2 amide bonds. The normalized spacial score (nSPS) is 19.5. The van der Waals surface area contributed by atoms with E-state index in [-0.39, 0.29) is 35.7 Å². The monoisotopic (exact) mass is 457 g/mol. The molecule has 32 heavy (non-hydrogen) atoms. The molecule has 0 aromatic heterocycles. The van der Waals surface area contributed by atoms with E-state index in [0.717, 1.165) is 12.0 Å². The highest BCUT2D eigenvalue weighted by molar-refractivity contribution is 7.89. The molecule has 2 aromatic rings. The minimum Gasteiger partial charge on any atom is -0.479 e. The number of hydrogen-bond acceptors (Lipinski definition) is 5. The summed E-state index contributed by atoms with van der Waals surface area (Å²) >= 11 is 0. The Balaban J connectivity index is 1.33. The van der Waals surface area contributed by atoms with E-state index in [2.05, 4.69) is 10.6 Å². The largest absolute Gasteiger partial charge is 0.479 e. The zero-order chi connectivity index (χ0) is 22.7. The Bertz CT molecular complexity index is 1100. The van der Waals surface area contributed by atoms with E-state index in [4.69, 9.17) is 4.74 Å². The van der Waals surface area contributed by atoms with Gasteiger partial charge in [0.2, 0.25) is 15.9 Å². The van der Waals surface area contributed by atoms with Crippen molar-refractivity contribution < 1.29 is 22.7 Å². The zero-order valence-corrected chi connectivity index (χ0v) is 18.7. The molecule has 8 nitrogen and oxygen atoms in total. The number of nitrogens with one attached hydrogen (secondary N) is 2. The summed E-state index contributed by atoms with van der Waals surface area (Å²) in [5, 5.41) is 5.65. The molecule has 2 heterocycles. The molecular weight excluding hydrogens is 430 g/mol. The number of piperidine rings is 1. The predicted molar refractivity (Wildman–Crippen MR) is 120 cm³/mol. The second-order valence-corrected chi connectivity index (χ2v) is 10.1. The molecule has 1 atom stereocenters. The standard InChI is InChI=1S/C23H27N3O5S/c1-16-22(27)25-20-15-19(7-8-21(20)31-16)32(29,30)26-13-10-18(11-14-26)23(28)24-12-9-17-5-3-2-4-6-17/h2-8,15-16,18H,9-14H2,1H3,(H,24,28)(H,25,27). The summed E-state index contributed by atoms with van der Waals surface area (Å²) in [7, 11) is -3.73. The van der Waals surface area contributed by atoms with Gasteiger partial charge in [-0.2, -0.15) is 4.31 Å². The third-order valence-corrected chi connectivity index (χ3v) is 7.79. The molecule has 0 saturated carbocycles. The first kappa shape index (κ1) is 22.3. The van der Waals surface area contributed by atoms with Crippen molar-refractivity contribution in [3.63, 3.8) is 0 Å². The van der Waals surface area contributed by atoms with Gasteiger partial charge in [-0.1, -0.05) is 30.3 Å². The number of carbonyl (C=O) groups excluding carboxylic acids is 2. The lowest BCUT2D eigenvalue weighted by Gasteiger charge is -2.31. The smallest absolute Gasteiger partial charge is 0.265 e. The van der Waals surface area contributed by atoms with Crippen LogP contribution in [0.3, 0.4) is 0 Å². The van der Waals surface area contributed by atoms with Crippen LogP contribution in [-0.2, 0) is 26.0 Å². The molecule has 2 aliphatic heterocycles. The third-order valence-electron chi connectivity index (χ3n) is 5.90. The van der Waals surface area contributed by atoms with Crippen molar-refractivity contribution in [2.45, 2.75) is 37.2 Å². The fourth-order valence-corrected chi connectivity index (χ4v) is 5.47. The SMILES string of the molecule is CC1Oc2ccc(S(=O)(=O)N3CCC(C(=O)NCCc4ccccc4)CC3)cc2NC1=O. The summed E-state index contributed by atoms with van der Waals surface area (Å²) < 4.78 is 33.1. The fraction of sp³-hybridized carbons (Fsp3) is 0.391. The van der Waals surface area contributed by atoms with Gasteiger partial charge in [-0.05, 0) is 49.9 Å². The second kappa shape index (κ2) is 9.30. The number of amides is 2. The molecule has 2 N–H and O–H groups in total. The lowest BCUT2D eigenvalue weighted by molar-refractivity contribution is -0.126. The Morgan fingerprint density at radius 3 is 2.59 bits per heavy atom. The number of ether oxygens (including phenoxy) is 1. The Labute approximate surface area is 188 Å². The van der Waals surface area contributed by atoms with Gasteiger partial charge in [0.1, 0.15) is 5.75 Å². The van der Waals surface area contributed by atoms with Crippen molar-refractivity contribution in [2.75, 3.05) is 25.0 Å². The maximum absolute atomic E-state index is 13.1. The molecule has 0 aliphatic carbocycles. The quantitative estimate of drug-likeness (QED) is 0.692. The first-order valence-electron chi connectivity index (χ1n) is 10.8. The van der Waals surface area contributed by atoms with Crippen LogP contribution in [0.1, 0.15) is 25.3 Å². The first-order valence-corrected chi connectivity index (χ1v) is 12.2. The summed E-state index contributed by atoms with van der Waals surface area (Å²) in [5.41, 5.74) is 1.51. The summed E-state index contributed by atoms with van der Waals surface area (Å²) in [6.45, 7) is 2.74. The lowest BCUT2D eigenvalue weighted by Crippen LogP contribution is -2.43. The van der Waals surface area contributed by atoms with Gasteiger partial charge in [0.25, 0.3) is 5.91 Å². The number of benzene rings is 2. The molecule has 1 unspecified atom stereocenters. The van der Waals surface area contributed by atoms with Crippen molar-refractivity contribution >= 4 is 27.5 Å². The van der Waals surface area contributed by atoms with E-state index in [1.807, 2.05) is 30.3 Å². The second-order valence-electron chi connectivity index (χ2n) is 8.11. The van der Waals surface area contributed by atoms with Gasteiger partial charge in [-0.25, -0.2) is 8.42 Å². The van der Waals surface area contributed by atoms with Crippen LogP contribution in [0.5, 0.6) is 5.75 Å². The van der Waals surface area contributed by atoms with Gasteiger partial charge < -0.3 is 15.4 Å². The Hall–Kier alpha value is -2.91. The molecule has 1 fully saturated rings. The van der Waals surface area contributed by atoms with Gasteiger partial charge in [0.15, 0.2) is 6.10 Å².